The molecule has 1 fully saturated rings. The molecule has 0 bridgehead atoms. The topological polar surface area (TPSA) is 65.1 Å². The zero-order valence-corrected chi connectivity index (χ0v) is 18.6. The van der Waals surface area contributed by atoms with Gasteiger partial charge in [-0.15, -0.1) is 0 Å². The third-order valence-electron chi connectivity index (χ3n) is 6.33. The molecule has 2 heterocycles. The third kappa shape index (κ3) is 3.42. The minimum absolute atomic E-state index is 0.173. The molecule has 2 aliphatic rings. The molecule has 2 aliphatic heterocycles. The Kier molecular flexibility index (Phi) is 5.66. The summed E-state index contributed by atoms with van der Waals surface area (Å²) in [5.74, 6) is 0.725. The number of hydrogen-bond donors (Lipinski definition) is 0. The van der Waals surface area contributed by atoms with Crippen LogP contribution in [0.2, 0.25) is 18.1 Å². The van der Waals surface area contributed by atoms with E-state index in [2.05, 4.69) is 20.8 Å². The molecule has 0 aliphatic carbocycles. The Bertz CT molecular complexity index is 936. The summed E-state index contributed by atoms with van der Waals surface area (Å²) >= 11 is 0. The number of likely N-dealkylation sites (tertiary alicyclic amines) is 1. The van der Waals surface area contributed by atoms with Gasteiger partial charge in [0.15, 0.2) is 25.9 Å². The number of carbonyl (C=O) groups is 2. The Morgan fingerprint density at radius 3 is 2.37 bits per heavy atom. The maximum absolute atomic E-state index is 13.2. The van der Waals surface area contributed by atoms with Crippen molar-refractivity contribution in [3.8, 4) is 11.5 Å². The molecule has 0 saturated carbocycles. The van der Waals surface area contributed by atoms with E-state index < -0.39 is 20.5 Å². The van der Waals surface area contributed by atoms with Crippen molar-refractivity contribution in [2.45, 2.75) is 51.0 Å². The summed E-state index contributed by atoms with van der Waals surface area (Å²) in [5, 5.41) is 0. The van der Waals surface area contributed by atoms with Crippen molar-refractivity contribution in [1.82, 2.24) is 4.90 Å². The van der Waals surface area contributed by atoms with E-state index in [9.17, 15) is 9.59 Å². The fourth-order valence-electron chi connectivity index (χ4n) is 4.21. The summed E-state index contributed by atoms with van der Waals surface area (Å²) in [6.45, 7) is 6.56. The molecule has 2 amide bonds. The fourth-order valence-corrected chi connectivity index (χ4v) is 6.98. The first-order valence-electron chi connectivity index (χ1n) is 10.5. The van der Waals surface area contributed by atoms with Crippen molar-refractivity contribution < 1.29 is 23.5 Å². The molecule has 2 aromatic carbocycles. The molecule has 0 N–H and O–H groups in total. The van der Waals surface area contributed by atoms with E-state index in [0.29, 0.717) is 17.1 Å². The summed E-state index contributed by atoms with van der Waals surface area (Å²) in [5.41, 5.74) is 1.30. The third-order valence-corrected chi connectivity index (χ3v) is 11.0. The molecule has 6 nitrogen and oxygen atoms in total. The van der Waals surface area contributed by atoms with Crippen LogP contribution in [0, 0.1) is 0 Å². The Labute approximate surface area is 177 Å². The van der Waals surface area contributed by atoms with Crippen LogP contribution in [0.15, 0.2) is 48.5 Å². The summed E-state index contributed by atoms with van der Waals surface area (Å²) in [6, 6.07) is 16.8. The molecule has 158 valence electrons. The Hall–Kier alpha value is -2.64. The first-order valence-corrected chi connectivity index (χ1v) is 13.1. The number of amides is 2. The zero-order valence-electron chi connectivity index (χ0n) is 17.6. The molecule has 2 atom stereocenters. The normalized spacial score (nSPS) is 20.2. The highest BCUT2D eigenvalue weighted by molar-refractivity contribution is 6.73. The maximum atomic E-state index is 13.2. The predicted molar refractivity (Wildman–Crippen MR) is 115 cm³/mol. The van der Waals surface area contributed by atoms with Gasteiger partial charge < -0.3 is 13.9 Å². The van der Waals surface area contributed by atoms with Crippen LogP contribution in [-0.2, 0) is 9.22 Å². The molecule has 0 spiro atoms. The number of fused-ring (bicyclic) bond motifs is 1. The lowest BCUT2D eigenvalue weighted by molar-refractivity contribution is -0.158. The number of rotatable bonds is 7. The van der Waals surface area contributed by atoms with Crippen LogP contribution in [0.25, 0.3) is 0 Å². The number of ether oxygens (including phenoxy) is 2. The van der Waals surface area contributed by atoms with Crippen molar-refractivity contribution in [3.05, 3.63) is 59.7 Å². The van der Waals surface area contributed by atoms with E-state index in [-0.39, 0.29) is 18.6 Å². The number of benzene rings is 2. The lowest BCUT2D eigenvalue weighted by atomic mass is 9.89. The molecular formula is C23H27NO5Si. The summed E-state index contributed by atoms with van der Waals surface area (Å²) in [7, 11) is -2.05. The first kappa shape index (κ1) is 20.6. The minimum atomic E-state index is -2.05. The van der Waals surface area contributed by atoms with Gasteiger partial charge in [0.1, 0.15) is 0 Å². The van der Waals surface area contributed by atoms with Crippen molar-refractivity contribution in [2.75, 3.05) is 6.79 Å². The molecule has 1 saturated heterocycles. The van der Waals surface area contributed by atoms with Crippen LogP contribution in [0.1, 0.15) is 42.7 Å². The van der Waals surface area contributed by atoms with Crippen LogP contribution in [0.5, 0.6) is 11.5 Å². The standard InChI is InChI=1S/C23H27NO5Si/c1-4-30(5-2,6-3)29-21-20(17-12-13-18-19(14-17)28-15-27-18)24(23(21)26)22(25)16-10-8-7-9-11-16/h7-14,20-21H,4-6,15H2,1-3H3/t20-,21+/m1/s1. The number of imide groups is 1. The van der Waals surface area contributed by atoms with Crippen molar-refractivity contribution in [2.24, 2.45) is 0 Å². The summed E-state index contributed by atoms with van der Waals surface area (Å²) in [6.07, 6.45) is -0.649. The average Bonchev–Trinajstić information content (AvgIpc) is 3.26. The molecule has 30 heavy (non-hydrogen) atoms. The molecule has 0 radical (unpaired) electrons. The second kappa shape index (κ2) is 8.24. The van der Waals surface area contributed by atoms with E-state index in [1.807, 2.05) is 24.3 Å². The van der Waals surface area contributed by atoms with Crippen LogP contribution in [0.3, 0.4) is 0 Å². The van der Waals surface area contributed by atoms with Crippen molar-refractivity contribution >= 4 is 20.1 Å². The summed E-state index contributed by atoms with van der Waals surface area (Å²) in [4.78, 5) is 27.7. The van der Waals surface area contributed by atoms with Gasteiger partial charge in [0, 0.05) is 5.56 Å². The lowest BCUT2D eigenvalue weighted by Gasteiger charge is -2.48. The van der Waals surface area contributed by atoms with Gasteiger partial charge in [0.25, 0.3) is 11.8 Å². The quantitative estimate of drug-likeness (QED) is 0.370. The lowest BCUT2D eigenvalue weighted by Crippen LogP contribution is -2.64. The highest BCUT2D eigenvalue weighted by atomic mass is 28.4. The van der Waals surface area contributed by atoms with Crippen molar-refractivity contribution in [1.29, 1.82) is 0 Å². The van der Waals surface area contributed by atoms with Crippen LogP contribution in [0.4, 0.5) is 0 Å². The van der Waals surface area contributed by atoms with Gasteiger partial charge in [-0.25, -0.2) is 0 Å². The predicted octanol–water partition coefficient (Wildman–Crippen LogP) is 4.53. The highest BCUT2D eigenvalue weighted by Gasteiger charge is 2.55. The highest BCUT2D eigenvalue weighted by Crippen LogP contribution is 2.44. The first-order chi connectivity index (χ1) is 14.5. The van der Waals surface area contributed by atoms with E-state index in [4.69, 9.17) is 13.9 Å². The van der Waals surface area contributed by atoms with Gasteiger partial charge >= 0.3 is 0 Å². The van der Waals surface area contributed by atoms with E-state index in [1.165, 1.54) is 4.90 Å². The minimum Gasteiger partial charge on any atom is -0.454 e. The molecule has 2 aromatic rings. The van der Waals surface area contributed by atoms with Gasteiger partial charge in [-0.3, -0.25) is 14.5 Å². The Balaban J connectivity index is 1.70. The van der Waals surface area contributed by atoms with Crippen LogP contribution >= 0.6 is 0 Å². The molecule has 7 heteroatoms. The molecular weight excluding hydrogens is 398 g/mol. The van der Waals surface area contributed by atoms with Crippen LogP contribution in [-0.4, -0.2) is 37.9 Å². The summed E-state index contributed by atoms with van der Waals surface area (Å²) < 4.78 is 17.5. The Morgan fingerprint density at radius 1 is 1.03 bits per heavy atom. The second-order valence-corrected chi connectivity index (χ2v) is 12.4. The van der Waals surface area contributed by atoms with Crippen molar-refractivity contribution in [3.63, 3.8) is 0 Å². The SMILES string of the molecule is CC[Si](CC)(CC)O[C@@H]1C(=O)N(C(=O)c2ccccc2)[C@@H]1c1ccc2c(c1)OCO2. The Morgan fingerprint density at radius 2 is 1.70 bits per heavy atom. The number of nitrogens with zero attached hydrogens (tertiary/aromatic N) is 1. The average molecular weight is 426 g/mol. The van der Waals surface area contributed by atoms with E-state index >= 15 is 0 Å². The van der Waals surface area contributed by atoms with Crippen LogP contribution < -0.4 is 9.47 Å². The molecule has 0 aromatic heterocycles. The van der Waals surface area contributed by atoms with Gasteiger partial charge in [-0.05, 0) is 48.0 Å². The van der Waals surface area contributed by atoms with E-state index in [0.717, 1.165) is 23.7 Å². The van der Waals surface area contributed by atoms with Gasteiger partial charge in [-0.1, -0.05) is 45.0 Å². The fraction of sp³-hybridized carbons (Fsp3) is 0.391. The van der Waals surface area contributed by atoms with Gasteiger partial charge in [0.05, 0.1) is 6.04 Å². The van der Waals surface area contributed by atoms with Gasteiger partial charge in [-0.2, -0.15) is 0 Å². The number of hydrogen-bond acceptors (Lipinski definition) is 5. The van der Waals surface area contributed by atoms with E-state index in [1.54, 1.807) is 24.3 Å². The number of β-lactam (4-membered cyclic amide) rings is 1. The second-order valence-electron chi connectivity index (χ2n) is 7.72. The van der Waals surface area contributed by atoms with Gasteiger partial charge in [0.2, 0.25) is 6.79 Å². The smallest absolute Gasteiger partial charge is 0.261 e. The largest absolute Gasteiger partial charge is 0.454 e. The molecule has 4 rings (SSSR count). The maximum Gasteiger partial charge on any atom is 0.261 e. The number of carbonyl (C=O) groups excluding carboxylic acids is 2. The monoisotopic (exact) mass is 425 g/mol. The zero-order chi connectivity index (χ0) is 21.3. The molecule has 0 unspecified atom stereocenters.